The summed E-state index contributed by atoms with van der Waals surface area (Å²) in [5.41, 5.74) is 2.21. The second-order valence-electron chi connectivity index (χ2n) is 4.99. The Labute approximate surface area is 129 Å². The van der Waals surface area contributed by atoms with Crippen LogP contribution in [0.3, 0.4) is 0 Å². The summed E-state index contributed by atoms with van der Waals surface area (Å²) in [6.45, 7) is -0.325. The molecule has 8 heteroatoms. The molecule has 0 fully saturated rings. The van der Waals surface area contributed by atoms with E-state index in [1.165, 1.54) is 6.26 Å². The first kappa shape index (κ1) is 16.9. The molecule has 5 nitrogen and oxygen atoms in total. The number of ether oxygens (including phenoxy) is 1. The molecule has 0 saturated carbocycles. The summed E-state index contributed by atoms with van der Waals surface area (Å²) in [5.74, 6) is -1.74. The molecular formula is C15H14F3NO4. The van der Waals surface area contributed by atoms with Crippen LogP contribution in [0.2, 0.25) is 0 Å². The number of halogens is 3. The molecule has 2 rings (SSSR count). The maximum Gasteiger partial charge on any atom is 0.405 e. The lowest BCUT2D eigenvalue weighted by atomic mass is 10.1. The van der Waals surface area contributed by atoms with Crippen LogP contribution in [0.5, 0.6) is 0 Å². The zero-order valence-corrected chi connectivity index (χ0v) is 12.2. The number of esters is 1. The molecule has 0 unspecified atom stereocenters. The highest BCUT2D eigenvalue weighted by molar-refractivity contribution is 5.87. The van der Waals surface area contributed by atoms with Crippen molar-refractivity contribution >= 4 is 22.8 Å². The fourth-order valence-corrected chi connectivity index (χ4v) is 1.93. The second-order valence-corrected chi connectivity index (χ2v) is 4.99. The van der Waals surface area contributed by atoms with Crippen molar-refractivity contribution in [1.82, 2.24) is 5.32 Å². The van der Waals surface area contributed by atoms with Crippen LogP contribution < -0.4 is 5.32 Å². The van der Waals surface area contributed by atoms with Gasteiger partial charge in [-0.1, -0.05) is 12.1 Å². The van der Waals surface area contributed by atoms with Crippen LogP contribution in [0.1, 0.15) is 11.1 Å². The number of benzene rings is 1. The van der Waals surface area contributed by atoms with E-state index in [1.54, 1.807) is 11.4 Å². The van der Waals surface area contributed by atoms with E-state index in [2.05, 4.69) is 4.74 Å². The van der Waals surface area contributed by atoms with Crippen LogP contribution in [0.15, 0.2) is 28.9 Å². The molecule has 2 aromatic rings. The standard InChI is InChI=1S/C15H14F3NO4/c1-9-2-3-11-10(6-22-12(11)4-9)5-14(21)23-7-13(20)19-8-15(16,17)18/h2-4,6H,5,7-8H2,1H3,(H,19,20). The molecule has 0 aliphatic heterocycles. The summed E-state index contributed by atoms with van der Waals surface area (Å²) in [5, 5.41) is 2.36. The molecule has 1 aromatic heterocycles. The molecule has 0 bridgehead atoms. The van der Waals surface area contributed by atoms with Crippen LogP contribution in [0, 0.1) is 6.92 Å². The molecule has 1 aromatic carbocycles. The average molecular weight is 329 g/mol. The number of rotatable bonds is 5. The first-order valence-electron chi connectivity index (χ1n) is 6.70. The minimum Gasteiger partial charge on any atom is -0.464 e. The zero-order chi connectivity index (χ0) is 17.0. The molecule has 0 spiro atoms. The highest BCUT2D eigenvalue weighted by Crippen LogP contribution is 2.22. The topological polar surface area (TPSA) is 68.5 Å². The van der Waals surface area contributed by atoms with Crippen molar-refractivity contribution in [3.63, 3.8) is 0 Å². The van der Waals surface area contributed by atoms with Crippen molar-refractivity contribution in [3.8, 4) is 0 Å². The third kappa shape index (κ3) is 5.01. The minimum absolute atomic E-state index is 0.136. The summed E-state index contributed by atoms with van der Waals surface area (Å²) >= 11 is 0. The number of carbonyl (C=O) groups excluding carboxylic acids is 2. The van der Waals surface area contributed by atoms with Gasteiger partial charge >= 0.3 is 12.1 Å². The van der Waals surface area contributed by atoms with Gasteiger partial charge in [0.2, 0.25) is 0 Å². The van der Waals surface area contributed by atoms with Crippen molar-refractivity contribution in [2.45, 2.75) is 19.5 Å². The largest absolute Gasteiger partial charge is 0.464 e. The number of alkyl halides is 3. The number of nitrogens with one attached hydrogen (secondary N) is 1. The zero-order valence-electron chi connectivity index (χ0n) is 12.2. The van der Waals surface area contributed by atoms with Crippen molar-refractivity contribution < 1.29 is 31.9 Å². The maximum absolute atomic E-state index is 11.9. The molecule has 0 atom stereocenters. The van der Waals surface area contributed by atoms with Crippen LogP contribution in [-0.4, -0.2) is 31.2 Å². The Kier molecular flexibility index (Phi) is 4.92. The van der Waals surface area contributed by atoms with E-state index in [4.69, 9.17) is 4.42 Å². The Morgan fingerprint density at radius 1 is 1.30 bits per heavy atom. The Morgan fingerprint density at radius 3 is 2.74 bits per heavy atom. The molecule has 1 N–H and O–H groups in total. The number of carbonyl (C=O) groups is 2. The van der Waals surface area contributed by atoms with Crippen molar-refractivity contribution in [1.29, 1.82) is 0 Å². The summed E-state index contributed by atoms with van der Waals surface area (Å²) in [7, 11) is 0. The maximum atomic E-state index is 11.9. The Hall–Kier alpha value is -2.51. The van der Waals surface area contributed by atoms with Gasteiger partial charge in [0.05, 0.1) is 12.7 Å². The predicted molar refractivity (Wildman–Crippen MR) is 74.7 cm³/mol. The van der Waals surface area contributed by atoms with E-state index in [0.29, 0.717) is 11.1 Å². The van der Waals surface area contributed by atoms with Gasteiger partial charge in [0.15, 0.2) is 6.61 Å². The van der Waals surface area contributed by atoms with Crippen molar-refractivity contribution in [2.75, 3.05) is 13.2 Å². The molecular weight excluding hydrogens is 315 g/mol. The van der Waals surface area contributed by atoms with Gasteiger partial charge in [-0.3, -0.25) is 9.59 Å². The smallest absolute Gasteiger partial charge is 0.405 e. The first-order chi connectivity index (χ1) is 10.7. The predicted octanol–water partition coefficient (Wildman–Crippen LogP) is 2.51. The minimum atomic E-state index is -4.51. The van der Waals surface area contributed by atoms with Gasteiger partial charge in [0.25, 0.3) is 5.91 Å². The molecule has 124 valence electrons. The van der Waals surface area contributed by atoms with E-state index < -0.39 is 31.2 Å². The van der Waals surface area contributed by atoms with Crippen LogP contribution in [-0.2, 0) is 20.7 Å². The average Bonchev–Trinajstić information content (AvgIpc) is 2.84. The van der Waals surface area contributed by atoms with Gasteiger partial charge in [0, 0.05) is 10.9 Å². The number of hydrogen-bond acceptors (Lipinski definition) is 4. The Bertz CT molecular complexity index is 721. The fraction of sp³-hybridized carbons (Fsp3) is 0.333. The number of fused-ring (bicyclic) bond motifs is 1. The third-order valence-corrected chi connectivity index (χ3v) is 3.00. The van der Waals surface area contributed by atoms with Gasteiger partial charge < -0.3 is 14.5 Å². The molecule has 1 heterocycles. The number of amides is 1. The normalized spacial score (nSPS) is 11.5. The van der Waals surface area contributed by atoms with Gasteiger partial charge in [0.1, 0.15) is 12.1 Å². The number of hydrogen-bond donors (Lipinski definition) is 1. The van der Waals surface area contributed by atoms with E-state index >= 15 is 0 Å². The third-order valence-electron chi connectivity index (χ3n) is 3.00. The van der Waals surface area contributed by atoms with Crippen LogP contribution in [0.25, 0.3) is 11.0 Å². The summed E-state index contributed by atoms with van der Waals surface area (Å²) in [6.07, 6.45) is -3.23. The lowest BCUT2D eigenvalue weighted by molar-refractivity contribution is -0.150. The highest BCUT2D eigenvalue weighted by Gasteiger charge is 2.27. The summed E-state index contributed by atoms with van der Waals surface area (Å²) in [4.78, 5) is 22.8. The summed E-state index contributed by atoms with van der Waals surface area (Å²) < 4.78 is 45.7. The van der Waals surface area contributed by atoms with Gasteiger partial charge in [-0.15, -0.1) is 0 Å². The Balaban J connectivity index is 1.86. The van der Waals surface area contributed by atoms with Crippen LogP contribution in [0.4, 0.5) is 13.2 Å². The molecule has 0 radical (unpaired) electrons. The monoisotopic (exact) mass is 329 g/mol. The van der Waals surface area contributed by atoms with Gasteiger partial charge in [-0.2, -0.15) is 13.2 Å². The molecule has 23 heavy (non-hydrogen) atoms. The number of aryl methyl sites for hydroxylation is 1. The van der Waals surface area contributed by atoms with E-state index in [0.717, 1.165) is 10.9 Å². The van der Waals surface area contributed by atoms with Crippen molar-refractivity contribution in [3.05, 3.63) is 35.6 Å². The van der Waals surface area contributed by atoms with Crippen LogP contribution >= 0.6 is 0 Å². The van der Waals surface area contributed by atoms with E-state index in [-0.39, 0.29) is 6.42 Å². The summed E-state index contributed by atoms with van der Waals surface area (Å²) in [6, 6.07) is 5.47. The molecule has 0 saturated heterocycles. The SMILES string of the molecule is Cc1ccc2c(CC(=O)OCC(=O)NCC(F)(F)F)coc2c1. The quantitative estimate of drug-likeness (QED) is 0.856. The number of furan rings is 1. The first-order valence-corrected chi connectivity index (χ1v) is 6.70. The molecule has 0 aliphatic rings. The van der Waals surface area contributed by atoms with E-state index in [1.807, 2.05) is 19.1 Å². The fourth-order valence-electron chi connectivity index (χ4n) is 1.93. The van der Waals surface area contributed by atoms with Gasteiger partial charge in [-0.25, -0.2) is 0 Å². The van der Waals surface area contributed by atoms with Crippen molar-refractivity contribution in [2.24, 2.45) is 0 Å². The van der Waals surface area contributed by atoms with E-state index in [9.17, 15) is 22.8 Å². The second kappa shape index (κ2) is 6.72. The molecule has 1 amide bonds. The lowest BCUT2D eigenvalue weighted by Gasteiger charge is -2.08. The van der Waals surface area contributed by atoms with Gasteiger partial charge in [-0.05, 0) is 18.6 Å². The Morgan fingerprint density at radius 2 is 2.04 bits per heavy atom. The lowest BCUT2D eigenvalue weighted by Crippen LogP contribution is -2.36. The molecule has 0 aliphatic carbocycles. The highest BCUT2D eigenvalue weighted by atomic mass is 19.4.